The van der Waals surface area contributed by atoms with Crippen molar-refractivity contribution in [3.05, 3.63) is 87.8 Å². The number of rotatable bonds is 10. The van der Waals surface area contributed by atoms with E-state index in [0.29, 0.717) is 0 Å². The molecule has 1 saturated heterocycles. The number of nitrogens with one attached hydrogen (secondary N) is 1. The van der Waals surface area contributed by atoms with Crippen LogP contribution < -0.4 is 25.2 Å². The monoisotopic (exact) mass is 611 g/mol. The number of amides is 2. The van der Waals surface area contributed by atoms with Gasteiger partial charge in [-0.05, 0) is 36.4 Å². The first-order valence-corrected chi connectivity index (χ1v) is 12.7. The van der Waals surface area contributed by atoms with E-state index in [1.54, 1.807) is 0 Å². The first-order valence-electron chi connectivity index (χ1n) is 12.7. The molecule has 15 heteroatoms. The van der Waals surface area contributed by atoms with Gasteiger partial charge in [0.1, 0.15) is 34.9 Å². The van der Waals surface area contributed by atoms with Gasteiger partial charge in [-0.2, -0.15) is 0 Å². The van der Waals surface area contributed by atoms with E-state index in [-0.39, 0.29) is 23.6 Å². The highest BCUT2D eigenvalue weighted by Crippen LogP contribution is 2.36. The molecule has 3 aromatic rings. The summed E-state index contributed by atoms with van der Waals surface area (Å²) in [6, 6.07) is 5.92. The number of aliphatic hydroxyl groups excluding tert-OH is 1. The first kappa shape index (κ1) is 31.4. The van der Waals surface area contributed by atoms with Gasteiger partial charge in [0, 0.05) is 49.0 Å². The lowest BCUT2D eigenvalue weighted by atomic mass is 9.92. The Hall–Kier alpha value is -4.50. The van der Waals surface area contributed by atoms with Gasteiger partial charge in [0.15, 0.2) is 0 Å². The zero-order valence-corrected chi connectivity index (χ0v) is 22.7. The average molecular weight is 612 g/mol. The lowest BCUT2D eigenvalue weighted by molar-refractivity contribution is -0.274. The molecule has 0 bridgehead atoms. The number of hydrogen-bond acceptors (Lipinski definition) is 7. The minimum Gasteiger partial charge on any atom is -0.497 e. The van der Waals surface area contributed by atoms with Crippen LogP contribution in [-0.4, -0.2) is 67.9 Å². The van der Waals surface area contributed by atoms with Crippen molar-refractivity contribution < 1.29 is 50.9 Å². The first-order chi connectivity index (χ1) is 20.4. The summed E-state index contributed by atoms with van der Waals surface area (Å²) < 4.78 is 82.8. The van der Waals surface area contributed by atoms with Gasteiger partial charge in [0.2, 0.25) is 5.91 Å². The number of aliphatic hydroxyl groups is 1. The molecule has 1 unspecified atom stereocenters. The van der Waals surface area contributed by atoms with Crippen molar-refractivity contribution in [2.24, 2.45) is 0 Å². The number of carbonyl (C=O) groups is 2. The van der Waals surface area contributed by atoms with Crippen LogP contribution in [0.15, 0.2) is 59.5 Å². The minimum atomic E-state index is -4.96. The highest BCUT2D eigenvalue weighted by atomic mass is 19.4. The van der Waals surface area contributed by atoms with E-state index in [4.69, 9.17) is 9.47 Å². The van der Waals surface area contributed by atoms with Crippen LogP contribution >= 0.6 is 0 Å². The van der Waals surface area contributed by atoms with Gasteiger partial charge in [-0.25, -0.2) is 8.78 Å². The number of methoxy groups -OCH3 is 2. The zero-order chi connectivity index (χ0) is 31.5. The van der Waals surface area contributed by atoms with Gasteiger partial charge in [0.05, 0.1) is 26.4 Å². The molecular weight excluding hydrogens is 585 g/mol. The fraction of sp³-hybridized carbons (Fsp3) is 0.321. The van der Waals surface area contributed by atoms with Crippen molar-refractivity contribution in [3.63, 3.8) is 0 Å². The second-order valence-electron chi connectivity index (χ2n) is 9.48. The number of nitrogens with zero attached hydrogens (tertiary/aromatic N) is 2. The molecule has 2 heterocycles. The quantitative estimate of drug-likeness (QED) is 0.338. The summed E-state index contributed by atoms with van der Waals surface area (Å²) in [5, 5.41) is 12.1. The van der Waals surface area contributed by atoms with Gasteiger partial charge < -0.3 is 34.1 Å². The fourth-order valence-electron chi connectivity index (χ4n) is 4.84. The summed E-state index contributed by atoms with van der Waals surface area (Å²) in [5.74, 6) is -6.05. The number of benzene rings is 2. The van der Waals surface area contributed by atoms with Crippen LogP contribution in [0.3, 0.4) is 0 Å². The molecule has 1 aliphatic rings. The van der Waals surface area contributed by atoms with Crippen molar-refractivity contribution in [3.8, 4) is 11.5 Å². The molecule has 43 heavy (non-hydrogen) atoms. The number of halogens is 5. The molecule has 2 amide bonds. The van der Waals surface area contributed by atoms with Crippen molar-refractivity contribution in [2.75, 3.05) is 38.9 Å². The van der Waals surface area contributed by atoms with E-state index in [2.05, 4.69) is 10.1 Å². The maximum absolute atomic E-state index is 15.2. The molecule has 2 N–H and O–H groups in total. The summed E-state index contributed by atoms with van der Waals surface area (Å²) in [7, 11) is 2.57. The molecule has 1 aromatic heterocycles. The van der Waals surface area contributed by atoms with Crippen molar-refractivity contribution in [1.82, 2.24) is 9.88 Å². The third kappa shape index (κ3) is 6.78. The molecule has 0 saturated carbocycles. The average Bonchev–Trinajstić information content (AvgIpc) is 3.26. The summed E-state index contributed by atoms with van der Waals surface area (Å²) in [6.45, 7) is -0.943. The predicted octanol–water partition coefficient (Wildman–Crippen LogP) is 3.14. The maximum atomic E-state index is 15.2. The minimum absolute atomic E-state index is 0.0375. The molecule has 4 rings (SSSR count). The molecule has 1 aliphatic heterocycles. The van der Waals surface area contributed by atoms with Crippen LogP contribution in [-0.2, 0) is 9.53 Å². The smallest absolute Gasteiger partial charge is 0.497 e. The van der Waals surface area contributed by atoms with E-state index >= 15 is 8.78 Å². The molecule has 1 fully saturated rings. The third-order valence-corrected chi connectivity index (χ3v) is 6.82. The van der Waals surface area contributed by atoms with Crippen LogP contribution in [0.25, 0.3) is 0 Å². The van der Waals surface area contributed by atoms with E-state index in [1.807, 2.05) is 0 Å². The highest BCUT2D eigenvalue weighted by Gasteiger charge is 2.46. The highest BCUT2D eigenvalue weighted by molar-refractivity contribution is 6.05. The Morgan fingerprint density at radius 3 is 2.28 bits per heavy atom. The predicted molar refractivity (Wildman–Crippen MR) is 141 cm³/mol. The van der Waals surface area contributed by atoms with Gasteiger partial charge >= 0.3 is 6.36 Å². The number of carbonyl (C=O) groups excluding carboxylic acids is 2. The molecule has 0 radical (unpaired) electrons. The topological polar surface area (TPSA) is 119 Å². The fourth-order valence-corrected chi connectivity index (χ4v) is 4.84. The lowest BCUT2D eigenvalue weighted by Gasteiger charge is -2.21. The van der Waals surface area contributed by atoms with Crippen LogP contribution in [0.5, 0.6) is 11.5 Å². The molecule has 0 aliphatic carbocycles. The normalized spacial score (nSPS) is 17.6. The Kier molecular flexibility index (Phi) is 9.35. The number of pyridine rings is 1. The molecule has 230 valence electrons. The number of ether oxygens (including phenoxy) is 3. The summed E-state index contributed by atoms with van der Waals surface area (Å²) in [6.07, 6.45) is -3.59. The zero-order valence-electron chi connectivity index (χ0n) is 22.7. The van der Waals surface area contributed by atoms with Crippen LogP contribution in [0.1, 0.15) is 27.9 Å². The Labute approximate surface area is 241 Å². The largest absolute Gasteiger partial charge is 0.573 e. The van der Waals surface area contributed by atoms with Gasteiger partial charge in [-0.3, -0.25) is 14.4 Å². The number of anilines is 1. The van der Waals surface area contributed by atoms with Crippen LogP contribution in [0.2, 0.25) is 0 Å². The Morgan fingerprint density at radius 1 is 1.07 bits per heavy atom. The Bertz CT molecular complexity index is 1520. The van der Waals surface area contributed by atoms with E-state index < -0.39 is 77.8 Å². The van der Waals surface area contributed by atoms with E-state index in [1.165, 1.54) is 32.5 Å². The molecule has 3 atom stereocenters. The molecule has 10 nitrogen and oxygen atoms in total. The number of aromatic nitrogens is 1. The lowest BCUT2D eigenvalue weighted by Crippen LogP contribution is -2.45. The number of alkyl halides is 3. The van der Waals surface area contributed by atoms with Gasteiger partial charge in [0.25, 0.3) is 11.5 Å². The van der Waals surface area contributed by atoms with E-state index in [9.17, 15) is 32.7 Å². The standard InChI is InChI=1S/C28H26F5N3O7/c1-41-14-16(13-37)35-9-3-4-22(26(35)39)36-12-19(23-20(29)10-18(42-2)11-21(23)30)24(27(36)40)34-25(38)15-5-7-17(8-6-15)43-28(31,32)33/h3-11,16,19,24,37H,12-14H2,1-2H3,(H,34,38)/t16?,19-,24-/m0/s1. The maximum Gasteiger partial charge on any atom is 0.573 e. The molecular formula is C28H26F5N3O7. The van der Waals surface area contributed by atoms with Crippen molar-refractivity contribution in [2.45, 2.75) is 24.4 Å². The summed E-state index contributed by atoms with van der Waals surface area (Å²) in [5.41, 5.74) is -1.64. The second-order valence-corrected chi connectivity index (χ2v) is 9.48. The van der Waals surface area contributed by atoms with Crippen LogP contribution in [0, 0.1) is 11.6 Å². The molecule has 0 spiro atoms. The van der Waals surface area contributed by atoms with E-state index in [0.717, 1.165) is 45.9 Å². The number of hydrogen-bond donors (Lipinski definition) is 2. The Balaban J connectivity index is 1.73. The van der Waals surface area contributed by atoms with Crippen molar-refractivity contribution >= 4 is 17.5 Å². The van der Waals surface area contributed by atoms with Crippen molar-refractivity contribution in [1.29, 1.82) is 0 Å². The van der Waals surface area contributed by atoms with Gasteiger partial charge in [-0.1, -0.05) is 0 Å². The van der Waals surface area contributed by atoms with Gasteiger partial charge in [-0.15, -0.1) is 13.2 Å². The Morgan fingerprint density at radius 2 is 1.72 bits per heavy atom. The third-order valence-electron chi connectivity index (χ3n) is 6.82. The SMILES string of the molecule is COCC(CO)n1cccc(N2C[C@@H](c3c(F)cc(OC)cc3F)[C@H](NC(=O)c3ccc(OC(F)(F)F)cc3)C2=O)c1=O. The summed E-state index contributed by atoms with van der Waals surface area (Å²) >= 11 is 0. The van der Waals surface area contributed by atoms with Crippen LogP contribution in [0.4, 0.5) is 27.6 Å². The molecule has 2 aromatic carbocycles. The second kappa shape index (κ2) is 12.8. The summed E-state index contributed by atoms with van der Waals surface area (Å²) in [4.78, 5) is 41.2.